The van der Waals surface area contributed by atoms with Crippen LogP contribution in [-0.4, -0.2) is 7.11 Å². The van der Waals surface area contributed by atoms with Gasteiger partial charge in [-0.1, -0.05) is 0 Å². The van der Waals surface area contributed by atoms with Crippen LogP contribution in [-0.2, 0) is 0 Å². The van der Waals surface area contributed by atoms with Gasteiger partial charge in [0.05, 0.1) is 12.1 Å². The number of thiophene rings is 1. The molecule has 72 valence electrons. The molecule has 0 saturated carbocycles. The topological polar surface area (TPSA) is 35.2 Å². The van der Waals surface area contributed by atoms with Crippen molar-refractivity contribution in [3.63, 3.8) is 0 Å². The minimum Gasteiger partial charge on any atom is -0.497 e. The first kappa shape index (κ1) is 9.09. The number of nitrogen functional groups attached to an aromatic ring is 1. The fraction of sp³-hybridized carbons (Fsp3) is 0.0909. The molecule has 3 heteroatoms. The van der Waals surface area contributed by atoms with Crippen LogP contribution in [0.3, 0.4) is 0 Å². The van der Waals surface area contributed by atoms with E-state index in [1.807, 2.05) is 36.4 Å². The molecule has 0 saturated heterocycles. The molecule has 1 aromatic heterocycles. The van der Waals surface area contributed by atoms with Gasteiger partial charge in [0.1, 0.15) is 5.75 Å². The molecule has 0 unspecified atom stereocenters. The van der Waals surface area contributed by atoms with Gasteiger partial charge in [-0.15, -0.1) is 11.3 Å². The molecule has 0 aliphatic heterocycles. The molecule has 2 rings (SSSR count). The molecule has 1 heterocycles. The normalized spacial score (nSPS) is 10.1. The molecular weight excluding hydrogens is 194 g/mol. The van der Waals surface area contributed by atoms with Gasteiger partial charge >= 0.3 is 0 Å². The highest BCUT2D eigenvalue weighted by Gasteiger charge is 2.00. The summed E-state index contributed by atoms with van der Waals surface area (Å²) in [5, 5.41) is 0.843. The Balaban J connectivity index is 2.33. The maximum Gasteiger partial charge on any atom is 0.118 e. The molecule has 0 amide bonds. The highest BCUT2D eigenvalue weighted by Crippen LogP contribution is 2.30. The Morgan fingerprint density at radius 2 is 1.79 bits per heavy atom. The molecule has 0 atom stereocenters. The lowest BCUT2D eigenvalue weighted by Gasteiger charge is -2.00. The molecule has 0 aliphatic rings. The molecular formula is C11H11NOS. The summed E-state index contributed by atoms with van der Waals surface area (Å²) in [5.41, 5.74) is 6.84. The van der Waals surface area contributed by atoms with Crippen LogP contribution in [0.4, 0.5) is 5.00 Å². The lowest BCUT2D eigenvalue weighted by molar-refractivity contribution is 0.415. The molecule has 0 fully saturated rings. The second-order valence-corrected chi connectivity index (χ2v) is 4.05. The lowest BCUT2D eigenvalue weighted by atomic mass is 10.2. The Kier molecular flexibility index (Phi) is 2.41. The van der Waals surface area contributed by atoms with E-state index in [1.54, 1.807) is 18.4 Å². The Morgan fingerprint density at radius 1 is 1.07 bits per heavy atom. The van der Waals surface area contributed by atoms with Crippen molar-refractivity contribution in [2.75, 3.05) is 12.8 Å². The van der Waals surface area contributed by atoms with Crippen LogP contribution < -0.4 is 10.5 Å². The summed E-state index contributed by atoms with van der Waals surface area (Å²) in [6, 6.07) is 11.9. The number of nitrogens with two attached hydrogens (primary N) is 1. The van der Waals surface area contributed by atoms with E-state index in [0.717, 1.165) is 10.8 Å². The highest BCUT2D eigenvalue weighted by atomic mass is 32.1. The summed E-state index contributed by atoms with van der Waals surface area (Å²) >= 11 is 1.59. The summed E-state index contributed by atoms with van der Waals surface area (Å²) in [4.78, 5) is 1.19. The molecule has 1 aromatic carbocycles. The van der Waals surface area contributed by atoms with E-state index in [9.17, 15) is 0 Å². The SMILES string of the molecule is COc1ccc(-c2ccc(N)s2)cc1. The smallest absolute Gasteiger partial charge is 0.118 e. The van der Waals surface area contributed by atoms with Crippen LogP contribution in [0.15, 0.2) is 36.4 Å². The minimum absolute atomic E-state index is 0.843. The van der Waals surface area contributed by atoms with Gasteiger partial charge in [-0.05, 0) is 42.0 Å². The Hall–Kier alpha value is -1.48. The maximum atomic E-state index is 5.67. The molecule has 2 aromatic rings. The van der Waals surface area contributed by atoms with Crippen LogP contribution in [0.2, 0.25) is 0 Å². The zero-order valence-corrected chi connectivity index (χ0v) is 8.67. The van der Waals surface area contributed by atoms with Gasteiger partial charge in [0, 0.05) is 4.88 Å². The molecule has 2 nitrogen and oxygen atoms in total. The Morgan fingerprint density at radius 3 is 2.29 bits per heavy atom. The van der Waals surface area contributed by atoms with Crippen molar-refractivity contribution >= 4 is 16.3 Å². The van der Waals surface area contributed by atoms with Gasteiger partial charge in [0.2, 0.25) is 0 Å². The van der Waals surface area contributed by atoms with Crippen molar-refractivity contribution in [2.45, 2.75) is 0 Å². The van der Waals surface area contributed by atoms with E-state index in [2.05, 4.69) is 0 Å². The number of hydrogen-bond acceptors (Lipinski definition) is 3. The molecule has 0 aliphatic carbocycles. The monoisotopic (exact) mass is 205 g/mol. The number of benzene rings is 1. The average molecular weight is 205 g/mol. The van der Waals surface area contributed by atoms with Gasteiger partial charge < -0.3 is 10.5 Å². The van der Waals surface area contributed by atoms with Gasteiger partial charge in [0.15, 0.2) is 0 Å². The number of rotatable bonds is 2. The first-order chi connectivity index (χ1) is 6.79. The molecule has 2 N–H and O–H groups in total. The number of methoxy groups -OCH3 is 1. The zero-order valence-electron chi connectivity index (χ0n) is 7.86. The Labute approximate surface area is 86.9 Å². The number of anilines is 1. The molecule has 0 spiro atoms. The predicted octanol–water partition coefficient (Wildman–Crippen LogP) is 3.01. The Bertz CT molecular complexity index is 419. The second-order valence-electron chi connectivity index (χ2n) is 2.93. The number of hydrogen-bond donors (Lipinski definition) is 1. The van der Waals surface area contributed by atoms with Crippen molar-refractivity contribution in [3.05, 3.63) is 36.4 Å². The van der Waals surface area contributed by atoms with E-state index < -0.39 is 0 Å². The molecule has 14 heavy (non-hydrogen) atoms. The molecule has 0 bridgehead atoms. The van der Waals surface area contributed by atoms with Crippen molar-refractivity contribution in [2.24, 2.45) is 0 Å². The lowest BCUT2D eigenvalue weighted by Crippen LogP contribution is -1.81. The summed E-state index contributed by atoms with van der Waals surface area (Å²) in [5.74, 6) is 0.873. The zero-order chi connectivity index (χ0) is 9.97. The summed E-state index contributed by atoms with van der Waals surface area (Å²) in [7, 11) is 1.66. The van der Waals surface area contributed by atoms with Crippen molar-refractivity contribution < 1.29 is 4.74 Å². The van der Waals surface area contributed by atoms with E-state index in [0.29, 0.717) is 0 Å². The number of ether oxygens (including phenoxy) is 1. The van der Waals surface area contributed by atoms with Crippen molar-refractivity contribution in [1.82, 2.24) is 0 Å². The summed E-state index contributed by atoms with van der Waals surface area (Å²) in [6.07, 6.45) is 0. The third-order valence-electron chi connectivity index (χ3n) is 2.00. The van der Waals surface area contributed by atoms with E-state index in [1.165, 1.54) is 10.4 Å². The molecule has 0 radical (unpaired) electrons. The van der Waals surface area contributed by atoms with Gasteiger partial charge in [-0.25, -0.2) is 0 Å². The third-order valence-corrected chi connectivity index (χ3v) is 2.96. The van der Waals surface area contributed by atoms with Crippen LogP contribution >= 0.6 is 11.3 Å². The van der Waals surface area contributed by atoms with Crippen LogP contribution in [0.25, 0.3) is 10.4 Å². The maximum absolute atomic E-state index is 5.67. The van der Waals surface area contributed by atoms with Crippen molar-refractivity contribution in [3.8, 4) is 16.2 Å². The quantitative estimate of drug-likeness (QED) is 0.818. The minimum atomic E-state index is 0.843. The largest absolute Gasteiger partial charge is 0.497 e. The van der Waals surface area contributed by atoms with Gasteiger partial charge in [-0.3, -0.25) is 0 Å². The van der Waals surface area contributed by atoms with E-state index in [4.69, 9.17) is 10.5 Å². The van der Waals surface area contributed by atoms with Crippen LogP contribution in [0.5, 0.6) is 5.75 Å². The first-order valence-electron chi connectivity index (χ1n) is 4.29. The summed E-state index contributed by atoms with van der Waals surface area (Å²) < 4.78 is 5.09. The third kappa shape index (κ3) is 1.72. The predicted molar refractivity (Wildman–Crippen MR) is 60.7 cm³/mol. The first-order valence-corrected chi connectivity index (χ1v) is 5.11. The highest BCUT2D eigenvalue weighted by molar-refractivity contribution is 7.19. The fourth-order valence-corrected chi connectivity index (χ4v) is 2.04. The summed E-state index contributed by atoms with van der Waals surface area (Å²) in [6.45, 7) is 0. The van der Waals surface area contributed by atoms with Crippen LogP contribution in [0, 0.1) is 0 Å². The van der Waals surface area contributed by atoms with Gasteiger partial charge in [-0.2, -0.15) is 0 Å². The van der Waals surface area contributed by atoms with Gasteiger partial charge in [0.25, 0.3) is 0 Å². The fourth-order valence-electron chi connectivity index (χ4n) is 1.26. The van der Waals surface area contributed by atoms with E-state index in [-0.39, 0.29) is 0 Å². The standard InChI is InChI=1S/C11H11NOS/c1-13-9-4-2-8(3-5-9)10-6-7-11(12)14-10/h2-7H,12H2,1H3. The average Bonchev–Trinajstić information content (AvgIpc) is 2.65. The van der Waals surface area contributed by atoms with Crippen molar-refractivity contribution in [1.29, 1.82) is 0 Å². The van der Waals surface area contributed by atoms with E-state index >= 15 is 0 Å². The van der Waals surface area contributed by atoms with Crippen LogP contribution in [0.1, 0.15) is 0 Å². The second kappa shape index (κ2) is 3.72.